The van der Waals surface area contributed by atoms with Gasteiger partial charge in [0.2, 0.25) is 0 Å². The molecule has 0 amide bonds. The van der Waals surface area contributed by atoms with Crippen LogP contribution in [0.25, 0.3) is 11.7 Å². The fourth-order valence-corrected chi connectivity index (χ4v) is 3.02. The lowest BCUT2D eigenvalue weighted by Crippen LogP contribution is -2.07. The van der Waals surface area contributed by atoms with Crippen molar-refractivity contribution in [2.45, 2.75) is 17.7 Å². The maximum atomic E-state index is 4.51. The Morgan fingerprint density at radius 2 is 1.96 bits per heavy atom. The molecule has 0 spiro atoms. The summed E-state index contributed by atoms with van der Waals surface area (Å²) in [5.41, 5.74) is 2.15. The maximum Gasteiger partial charge on any atom is 0.272 e. The van der Waals surface area contributed by atoms with E-state index in [0.717, 1.165) is 16.5 Å². The third-order valence-electron chi connectivity index (χ3n) is 3.28. The molecule has 3 aromatic heterocycles. The molecule has 0 saturated carbocycles. The van der Waals surface area contributed by atoms with E-state index in [0.29, 0.717) is 11.7 Å². The predicted octanol–water partition coefficient (Wildman–Crippen LogP) is 2.31. The normalized spacial score (nSPS) is 11.2. The van der Waals surface area contributed by atoms with Crippen molar-refractivity contribution in [3.05, 3.63) is 60.3 Å². The zero-order chi connectivity index (χ0) is 15.6. The summed E-state index contributed by atoms with van der Waals surface area (Å²) >= 11 is 1.66. The lowest BCUT2D eigenvalue weighted by Gasteiger charge is -2.03. The SMILES string of the molecule is Cc1cn(-c2nnc3ncc(SCc4ccccc4)n3n2)cn1. The van der Waals surface area contributed by atoms with E-state index in [1.807, 2.05) is 31.3 Å². The minimum Gasteiger partial charge on any atom is -0.272 e. The van der Waals surface area contributed by atoms with E-state index in [-0.39, 0.29) is 0 Å². The highest BCUT2D eigenvalue weighted by molar-refractivity contribution is 7.98. The molecular weight excluding hydrogens is 310 g/mol. The van der Waals surface area contributed by atoms with Crippen molar-refractivity contribution < 1.29 is 0 Å². The van der Waals surface area contributed by atoms with E-state index >= 15 is 0 Å². The molecule has 114 valence electrons. The van der Waals surface area contributed by atoms with Crippen molar-refractivity contribution in [3.63, 3.8) is 0 Å². The van der Waals surface area contributed by atoms with Crippen LogP contribution in [-0.4, -0.2) is 34.3 Å². The van der Waals surface area contributed by atoms with Gasteiger partial charge in [-0.3, -0.25) is 4.57 Å². The molecule has 4 aromatic rings. The standard InChI is InChI=1S/C15H13N7S/c1-11-8-21(10-17-11)15-19-18-14-16-7-13(22(14)20-15)23-9-12-5-3-2-4-6-12/h2-8,10H,9H2,1H3. The van der Waals surface area contributed by atoms with Crippen LogP contribution in [0.3, 0.4) is 0 Å². The predicted molar refractivity (Wildman–Crippen MR) is 86.4 cm³/mol. The molecule has 0 atom stereocenters. The Morgan fingerprint density at radius 1 is 1.09 bits per heavy atom. The van der Waals surface area contributed by atoms with E-state index < -0.39 is 0 Å². The Hall–Kier alpha value is -2.74. The fourth-order valence-electron chi connectivity index (χ4n) is 2.15. The number of aromatic nitrogens is 7. The quantitative estimate of drug-likeness (QED) is 0.537. The first kappa shape index (κ1) is 13.9. The van der Waals surface area contributed by atoms with Crippen molar-refractivity contribution in [2.24, 2.45) is 0 Å². The van der Waals surface area contributed by atoms with Crippen LogP contribution in [0.15, 0.2) is 54.1 Å². The van der Waals surface area contributed by atoms with Crippen LogP contribution in [0.1, 0.15) is 11.3 Å². The van der Waals surface area contributed by atoms with Crippen molar-refractivity contribution in [2.75, 3.05) is 0 Å². The number of fused-ring (bicyclic) bond motifs is 1. The molecule has 0 aliphatic heterocycles. The van der Waals surface area contributed by atoms with Gasteiger partial charge in [0.1, 0.15) is 11.4 Å². The molecule has 7 nitrogen and oxygen atoms in total. The molecule has 23 heavy (non-hydrogen) atoms. The fraction of sp³-hybridized carbons (Fsp3) is 0.133. The van der Waals surface area contributed by atoms with Crippen LogP contribution < -0.4 is 0 Å². The average Bonchev–Trinajstić information content (AvgIpc) is 3.19. The van der Waals surface area contributed by atoms with Gasteiger partial charge in [-0.15, -0.1) is 15.3 Å². The molecule has 0 bridgehead atoms. The molecule has 0 radical (unpaired) electrons. The molecule has 4 rings (SSSR count). The summed E-state index contributed by atoms with van der Waals surface area (Å²) in [6.07, 6.45) is 5.30. The smallest absolute Gasteiger partial charge is 0.272 e. The van der Waals surface area contributed by atoms with E-state index in [1.54, 1.807) is 33.4 Å². The molecule has 0 aliphatic carbocycles. The highest BCUT2D eigenvalue weighted by atomic mass is 32.2. The second kappa shape index (κ2) is 5.81. The Kier molecular flexibility index (Phi) is 3.51. The first-order valence-corrected chi connectivity index (χ1v) is 8.04. The van der Waals surface area contributed by atoms with Crippen LogP contribution >= 0.6 is 11.8 Å². The molecule has 1 aromatic carbocycles. The van der Waals surface area contributed by atoms with Crippen LogP contribution in [-0.2, 0) is 5.75 Å². The van der Waals surface area contributed by atoms with E-state index in [1.165, 1.54) is 5.56 Å². The van der Waals surface area contributed by atoms with Gasteiger partial charge in [0, 0.05) is 11.9 Å². The Bertz CT molecular complexity index is 945. The second-order valence-electron chi connectivity index (χ2n) is 5.00. The van der Waals surface area contributed by atoms with E-state index in [2.05, 4.69) is 37.4 Å². The van der Waals surface area contributed by atoms with Crippen molar-refractivity contribution >= 4 is 17.5 Å². The van der Waals surface area contributed by atoms with Gasteiger partial charge in [-0.1, -0.05) is 42.1 Å². The van der Waals surface area contributed by atoms with Gasteiger partial charge in [-0.2, -0.15) is 4.52 Å². The molecule has 0 N–H and O–H groups in total. The Morgan fingerprint density at radius 3 is 2.74 bits per heavy atom. The van der Waals surface area contributed by atoms with Gasteiger partial charge in [0.05, 0.1) is 11.9 Å². The van der Waals surface area contributed by atoms with Crippen LogP contribution in [0.2, 0.25) is 0 Å². The summed E-state index contributed by atoms with van der Waals surface area (Å²) in [5, 5.41) is 13.7. The van der Waals surface area contributed by atoms with Crippen molar-refractivity contribution in [1.29, 1.82) is 0 Å². The largest absolute Gasteiger partial charge is 0.272 e. The molecular formula is C15H13N7S. The van der Waals surface area contributed by atoms with Crippen LogP contribution in [0.5, 0.6) is 0 Å². The maximum absolute atomic E-state index is 4.51. The number of rotatable bonds is 4. The molecule has 0 fully saturated rings. The summed E-state index contributed by atoms with van der Waals surface area (Å²) < 4.78 is 3.46. The molecule has 0 unspecified atom stereocenters. The van der Waals surface area contributed by atoms with Crippen LogP contribution in [0, 0.1) is 6.92 Å². The van der Waals surface area contributed by atoms with Crippen molar-refractivity contribution in [1.82, 2.24) is 34.3 Å². The summed E-state index contributed by atoms with van der Waals surface area (Å²) in [4.78, 5) is 8.44. The Balaban J connectivity index is 1.65. The zero-order valence-electron chi connectivity index (χ0n) is 12.4. The van der Waals surface area contributed by atoms with Gasteiger partial charge in [0.25, 0.3) is 11.7 Å². The molecule has 0 saturated heterocycles. The summed E-state index contributed by atoms with van der Waals surface area (Å²) in [7, 11) is 0. The van der Waals surface area contributed by atoms with Gasteiger partial charge < -0.3 is 0 Å². The zero-order valence-corrected chi connectivity index (χ0v) is 13.2. The highest BCUT2D eigenvalue weighted by Gasteiger charge is 2.10. The first-order chi connectivity index (χ1) is 11.3. The van der Waals surface area contributed by atoms with E-state index in [9.17, 15) is 0 Å². The number of hydrogen-bond acceptors (Lipinski definition) is 6. The number of benzene rings is 1. The first-order valence-electron chi connectivity index (χ1n) is 7.06. The average molecular weight is 323 g/mol. The monoisotopic (exact) mass is 323 g/mol. The third-order valence-corrected chi connectivity index (χ3v) is 4.33. The second-order valence-corrected chi connectivity index (χ2v) is 6.00. The molecule has 8 heteroatoms. The number of imidazole rings is 2. The van der Waals surface area contributed by atoms with Gasteiger partial charge in [-0.25, -0.2) is 9.97 Å². The van der Waals surface area contributed by atoms with Gasteiger partial charge in [-0.05, 0) is 12.5 Å². The van der Waals surface area contributed by atoms with Crippen LogP contribution in [0.4, 0.5) is 0 Å². The number of hydrogen-bond donors (Lipinski definition) is 0. The minimum absolute atomic E-state index is 0.470. The summed E-state index contributed by atoms with van der Waals surface area (Å²) in [6, 6.07) is 10.3. The van der Waals surface area contributed by atoms with Gasteiger partial charge in [0.15, 0.2) is 0 Å². The third kappa shape index (κ3) is 2.80. The summed E-state index contributed by atoms with van der Waals surface area (Å²) in [6.45, 7) is 1.92. The highest BCUT2D eigenvalue weighted by Crippen LogP contribution is 2.22. The molecule has 0 aliphatic rings. The van der Waals surface area contributed by atoms with E-state index in [4.69, 9.17) is 0 Å². The lowest BCUT2D eigenvalue weighted by atomic mass is 10.2. The molecule has 3 heterocycles. The minimum atomic E-state index is 0.470. The van der Waals surface area contributed by atoms with Gasteiger partial charge >= 0.3 is 0 Å². The Labute approximate surface area is 136 Å². The topological polar surface area (TPSA) is 73.8 Å². The lowest BCUT2D eigenvalue weighted by molar-refractivity contribution is 0.731. The van der Waals surface area contributed by atoms with Crippen molar-refractivity contribution in [3.8, 4) is 5.95 Å². The number of nitrogens with zero attached hydrogens (tertiary/aromatic N) is 7. The number of thioether (sulfide) groups is 1. The summed E-state index contributed by atoms with van der Waals surface area (Å²) in [5.74, 6) is 1.80. The number of aryl methyl sites for hydroxylation is 1.